The maximum absolute atomic E-state index is 11.6. The monoisotopic (exact) mass is 465 g/mol. The van der Waals surface area contributed by atoms with Crippen LogP contribution in [0.15, 0.2) is 24.3 Å². The molecule has 0 saturated heterocycles. The Morgan fingerprint density at radius 2 is 1.71 bits per heavy atom. The molecule has 1 aromatic carbocycles. The van der Waals surface area contributed by atoms with E-state index in [2.05, 4.69) is 33.0 Å². The summed E-state index contributed by atoms with van der Waals surface area (Å²) >= 11 is 7.33. The average molecular weight is 466 g/mol. The van der Waals surface area contributed by atoms with Gasteiger partial charge in [0.2, 0.25) is 0 Å². The van der Waals surface area contributed by atoms with Crippen molar-refractivity contribution in [2.75, 3.05) is 11.9 Å². The SMILES string of the molecule is CC1(C)CC(Nc2ccc(-c3sc(C(=O)O)c(OCC(=O)O)c3Cl)cc2)CC(C)(C)C1. The van der Waals surface area contributed by atoms with Crippen molar-refractivity contribution in [2.24, 2.45) is 10.8 Å². The summed E-state index contributed by atoms with van der Waals surface area (Å²) < 4.78 is 5.14. The lowest BCUT2D eigenvalue weighted by Crippen LogP contribution is -2.40. The predicted octanol–water partition coefficient (Wildman–Crippen LogP) is 6.25. The number of hydrogen-bond acceptors (Lipinski definition) is 5. The van der Waals surface area contributed by atoms with E-state index in [1.165, 1.54) is 6.42 Å². The summed E-state index contributed by atoms with van der Waals surface area (Å²) in [6.07, 6.45) is 3.40. The number of thiophene rings is 1. The Labute approximate surface area is 191 Å². The number of halogens is 1. The molecular formula is C23H28ClNO5S. The van der Waals surface area contributed by atoms with Gasteiger partial charge in [0, 0.05) is 11.7 Å². The third-order valence-corrected chi connectivity index (χ3v) is 7.10. The van der Waals surface area contributed by atoms with Gasteiger partial charge < -0.3 is 20.3 Å². The molecule has 0 amide bonds. The lowest BCUT2D eigenvalue weighted by Gasteiger charge is -2.45. The first-order chi connectivity index (χ1) is 14.4. The Kier molecular flexibility index (Phi) is 6.58. The zero-order chi connectivity index (χ0) is 23.0. The third kappa shape index (κ3) is 5.71. The fourth-order valence-corrected chi connectivity index (χ4v) is 6.30. The molecule has 0 radical (unpaired) electrons. The minimum atomic E-state index is -1.21. The molecular weight excluding hydrogens is 438 g/mol. The Bertz CT molecular complexity index is 965. The standard InChI is InChI=1S/C23H28ClNO5S/c1-22(2)9-15(10-23(3,4)12-22)25-14-7-5-13(6-8-14)19-17(24)18(30-11-16(26)27)20(31-19)21(28)29/h5-8,15,25H,9-12H2,1-4H3,(H,26,27)(H,28,29). The first-order valence-corrected chi connectivity index (χ1v) is 11.3. The highest BCUT2D eigenvalue weighted by molar-refractivity contribution is 7.18. The molecule has 0 atom stereocenters. The lowest BCUT2D eigenvalue weighted by molar-refractivity contribution is -0.139. The molecule has 1 aromatic heterocycles. The van der Waals surface area contributed by atoms with E-state index in [9.17, 15) is 14.7 Å². The maximum atomic E-state index is 11.6. The van der Waals surface area contributed by atoms with E-state index in [-0.39, 0.29) is 26.5 Å². The number of aromatic carboxylic acids is 1. The van der Waals surface area contributed by atoms with Crippen LogP contribution in [0.5, 0.6) is 5.75 Å². The number of carboxylic acids is 2. The van der Waals surface area contributed by atoms with Crippen LogP contribution >= 0.6 is 22.9 Å². The van der Waals surface area contributed by atoms with Crippen LogP contribution in [-0.4, -0.2) is 34.8 Å². The van der Waals surface area contributed by atoms with E-state index >= 15 is 0 Å². The summed E-state index contributed by atoms with van der Waals surface area (Å²) in [6, 6.07) is 8.05. The number of aliphatic carboxylic acids is 1. The zero-order valence-electron chi connectivity index (χ0n) is 18.1. The van der Waals surface area contributed by atoms with Crippen molar-refractivity contribution in [1.29, 1.82) is 0 Å². The molecule has 1 aliphatic carbocycles. The quantitative estimate of drug-likeness (QED) is 0.447. The minimum Gasteiger partial charge on any atom is -0.479 e. The second-order valence-corrected chi connectivity index (χ2v) is 11.1. The van der Waals surface area contributed by atoms with Gasteiger partial charge in [0.05, 0.1) is 4.88 Å². The minimum absolute atomic E-state index is 0.106. The molecule has 8 heteroatoms. The zero-order valence-corrected chi connectivity index (χ0v) is 19.7. The van der Waals surface area contributed by atoms with Gasteiger partial charge in [0.1, 0.15) is 5.02 Å². The van der Waals surface area contributed by atoms with Gasteiger partial charge in [-0.05, 0) is 47.8 Å². The molecule has 3 rings (SSSR count). The Morgan fingerprint density at radius 1 is 1.13 bits per heavy atom. The van der Waals surface area contributed by atoms with Crippen LogP contribution in [0.25, 0.3) is 10.4 Å². The van der Waals surface area contributed by atoms with Gasteiger partial charge in [-0.1, -0.05) is 51.4 Å². The molecule has 0 aliphatic heterocycles. The normalized spacial score (nSPS) is 17.8. The number of carboxylic acid groups (broad SMARTS) is 2. The summed E-state index contributed by atoms with van der Waals surface area (Å²) in [6.45, 7) is 8.60. The van der Waals surface area contributed by atoms with Crippen molar-refractivity contribution in [1.82, 2.24) is 0 Å². The Morgan fingerprint density at radius 3 is 2.23 bits per heavy atom. The van der Waals surface area contributed by atoms with E-state index in [0.717, 1.165) is 35.4 Å². The smallest absolute Gasteiger partial charge is 0.349 e. The molecule has 1 fully saturated rings. The number of benzene rings is 1. The van der Waals surface area contributed by atoms with Crippen molar-refractivity contribution in [3.63, 3.8) is 0 Å². The number of ether oxygens (including phenoxy) is 1. The summed E-state index contributed by atoms with van der Waals surface area (Å²) in [5, 5.41) is 22.0. The number of hydrogen-bond donors (Lipinski definition) is 3. The van der Waals surface area contributed by atoms with Crippen molar-refractivity contribution in [2.45, 2.75) is 53.0 Å². The maximum Gasteiger partial charge on any atom is 0.349 e. The van der Waals surface area contributed by atoms with Crippen molar-refractivity contribution in [3.05, 3.63) is 34.2 Å². The average Bonchev–Trinajstić information content (AvgIpc) is 2.94. The molecule has 1 saturated carbocycles. The molecule has 168 valence electrons. The molecule has 6 nitrogen and oxygen atoms in total. The number of rotatable bonds is 7. The second kappa shape index (κ2) is 8.71. The van der Waals surface area contributed by atoms with Crippen LogP contribution in [0.4, 0.5) is 5.69 Å². The van der Waals surface area contributed by atoms with Gasteiger partial charge in [-0.25, -0.2) is 9.59 Å². The number of carbonyl (C=O) groups is 2. The van der Waals surface area contributed by atoms with E-state index in [4.69, 9.17) is 21.4 Å². The number of nitrogens with one attached hydrogen (secondary N) is 1. The largest absolute Gasteiger partial charge is 0.479 e. The van der Waals surface area contributed by atoms with Crippen molar-refractivity contribution >= 4 is 40.6 Å². The fraction of sp³-hybridized carbons (Fsp3) is 0.478. The molecule has 0 spiro atoms. The van der Waals surface area contributed by atoms with Gasteiger partial charge in [0.15, 0.2) is 17.2 Å². The van der Waals surface area contributed by atoms with Gasteiger partial charge in [-0.3, -0.25) is 0 Å². The molecule has 2 aromatic rings. The highest BCUT2D eigenvalue weighted by Crippen LogP contribution is 2.47. The fourth-order valence-electron chi connectivity index (χ4n) is 4.89. The van der Waals surface area contributed by atoms with E-state index in [0.29, 0.717) is 10.9 Å². The van der Waals surface area contributed by atoms with Crippen molar-refractivity contribution in [3.8, 4) is 16.2 Å². The van der Waals surface area contributed by atoms with E-state index in [1.807, 2.05) is 24.3 Å². The summed E-state index contributed by atoms with van der Waals surface area (Å²) in [7, 11) is 0. The molecule has 0 unspecified atom stereocenters. The molecule has 1 aliphatic rings. The van der Waals surface area contributed by atoms with Gasteiger partial charge in [0.25, 0.3) is 0 Å². The van der Waals surface area contributed by atoms with Crippen LogP contribution in [0, 0.1) is 10.8 Å². The van der Waals surface area contributed by atoms with Gasteiger partial charge in [-0.15, -0.1) is 11.3 Å². The van der Waals surface area contributed by atoms with Crippen LogP contribution in [0.1, 0.15) is 56.6 Å². The Balaban J connectivity index is 1.81. The highest BCUT2D eigenvalue weighted by atomic mass is 35.5. The third-order valence-electron chi connectivity index (χ3n) is 5.42. The Hall–Kier alpha value is -2.25. The first kappa shape index (κ1) is 23.4. The van der Waals surface area contributed by atoms with Crippen LogP contribution in [0.2, 0.25) is 5.02 Å². The molecule has 3 N–H and O–H groups in total. The second-order valence-electron chi connectivity index (χ2n) is 9.72. The molecule has 0 bridgehead atoms. The summed E-state index contributed by atoms with van der Waals surface area (Å²) in [5.41, 5.74) is 2.31. The van der Waals surface area contributed by atoms with E-state index < -0.39 is 18.5 Å². The molecule has 31 heavy (non-hydrogen) atoms. The number of anilines is 1. The van der Waals surface area contributed by atoms with Gasteiger partial charge >= 0.3 is 11.9 Å². The van der Waals surface area contributed by atoms with Crippen LogP contribution in [0.3, 0.4) is 0 Å². The predicted molar refractivity (Wildman–Crippen MR) is 124 cm³/mol. The topological polar surface area (TPSA) is 95.9 Å². The lowest BCUT2D eigenvalue weighted by atomic mass is 9.63. The van der Waals surface area contributed by atoms with Gasteiger partial charge in [-0.2, -0.15) is 0 Å². The first-order valence-electron chi connectivity index (χ1n) is 10.1. The van der Waals surface area contributed by atoms with Crippen LogP contribution in [-0.2, 0) is 4.79 Å². The summed E-state index contributed by atoms with van der Waals surface area (Å²) in [4.78, 5) is 22.8. The highest BCUT2D eigenvalue weighted by Gasteiger charge is 2.38. The van der Waals surface area contributed by atoms with Crippen molar-refractivity contribution < 1.29 is 24.5 Å². The summed E-state index contributed by atoms with van der Waals surface area (Å²) in [5.74, 6) is -2.52. The van der Waals surface area contributed by atoms with E-state index in [1.54, 1.807) is 0 Å². The van der Waals surface area contributed by atoms with Crippen LogP contribution < -0.4 is 10.1 Å². The molecule has 1 heterocycles.